The van der Waals surface area contributed by atoms with E-state index in [2.05, 4.69) is 41.3 Å². The maximum Gasteiger partial charge on any atom is 0.191 e. The molecule has 0 radical (unpaired) electrons. The number of hydrogen-bond donors (Lipinski definition) is 1. The maximum absolute atomic E-state index is 6.29. The zero-order chi connectivity index (χ0) is 16.2. The van der Waals surface area contributed by atoms with Crippen LogP contribution in [0.15, 0.2) is 22.5 Å². The molecule has 0 spiro atoms. The van der Waals surface area contributed by atoms with Gasteiger partial charge in [-0.3, -0.25) is 9.89 Å². The fraction of sp³-hybridized carbons (Fsp3) is 0.722. The van der Waals surface area contributed by atoms with Crippen molar-refractivity contribution in [3.05, 3.63) is 22.4 Å². The number of nitrogens with two attached hydrogens (primary N) is 1. The Hall–Kier alpha value is -0.340. The summed E-state index contributed by atoms with van der Waals surface area (Å²) in [5, 5.41) is 2.18. The lowest BCUT2D eigenvalue weighted by Crippen LogP contribution is -2.44. The van der Waals surface area contributed by atoms with Crippen molar-refractivity contribution in [2.24, 2.45) is 22.6 Å². The smallest absolute Gasteiger partial charge is 0.191 e. The Morgan fingerprint density at radius 1 is 1.33 bits per heavy atom. The number of thiophene rings is 1. The fourth-order valence-corrected chi connectivity index (χ4v) is 5.05. The Labute approximate surface area is 167 Å². The average Bonchev–Trinajstić information content (AvgIpc) is 3.06. The van der Waals surface area contributed by atoms with Gasteiger partial charge in [-0.1, -0.05) is 13.0 Å². The minimum absolute atomic E-state index is 0. The van der Waals surface area contributed by atoms with Gasteiger partial charge in [-0.05, 0) is 62.6 Å². The van der Waals surface area contributed by atoms with Crippen LogP contribution < -0.4 is 5.73 Å². The van der Waals surface area contributed by atoms with E-state index in [1.807, 2.05) is 11.3 Å². The van der Waals surface area contributed by atoms with Crippen LogP contribution in [0.2, 0.25) is 0 Å². The lowest BCUT2D eigenvalue weighted by atomic mass is 9.88. The van der Waals surface area contributed by atoms with E-state index < -0.39 is 0 Å². The quantitative estimate of drug-likeness (QED) is 0.422. The van der Waals surface area contributed by atoms with Crippen LogP contribution in [0.4, 0.5) is 0 Å². The van der Waals surface area contributed by atoms with Crippen molar-refractivity contribution >= 4 is 41.3 Å². The first-order chi connectivity index (χ1) is 11.1. The second-order valence-corrected chi connectivity index (χ2v) is 8.21. The predicted octanol–water partition coefficient (Wildman–Crippen LogP) is 3.80. The van der Waals surface area contributed by atoms with Gasteiger partial charge in [0.05, 0.1) is 0 Å². The lowest BCUT2D eigenvalue weighted by Gasteiger charge is -2.38. The number of rotatable bonds is 3. The highest BCUT2D eigenvalue weighted by atomic mass is 127. The van der Waals surface area contributed by atoms with E-state index in [0.29, 0.717) is 12.0 Å². The molecule has 24 heavy (non-hydrogen) atoms. The number of guanidine groups is 1. The van der Waals surface area contributed by atoms with E-state index in [1.165, 1.54) is 37.1 Å². The van der Waals surface area contributed by atoms with Crippen LogP contribution >= 0.6 is 35.3 Å². The molecule has 0 aromatic carbocycles. The molecule has 0 aliphatic carbocycles. The molecule has 1 aromatic rings. The lowest BCUT2D eigenvalue weighted by molar-refractivity contribution is 0.128. The van der Waals surface area contributed by atoms with Crippen LogP contribution in [0.5, 0.6) is 0 Å². The number of halogens is 1. The molecule has 3 atom stereocenters. The second-order valence-electron chi connectivity index (χ2n) is 7.24. The molecule has 0 amide bonds. The topological polar surface area (TPSA) is 44.9 Å². The van der Waals surface area contributed by atoms with Crippen LogP contribution in [0, 0.1) is 11.8 Å². The molecule has 3 heterocycles. The average molecular weight is 462 g/mol. The molecular weight excluding hydrogens is 431 g/mol. The summed E-state index contributed by atoms with van der Waals surface area (Å²) in [6.07, 6.45) is 5.07. The first kappa shape index (κ1) is 20.0. The number of piperidine rings is 2. The van der Waals surface area contributed by atoms with Crippen molar-refractivity contribution < 1.29 is 0 Å². The van der Waals surface area contributed by atoms with Gasteiger partial charge in [0.25, 0.3) is 0 Å². The number of nitrogens with zero attached hydrogens (tertiary/aromatic N) is 3. The van der Waals surface area contributed by atoms with E-state index >= 15 is 0 Å². The molecule has 0 saturated carbocycles. The fourth-order valence-electron chi connectivity index (χ4n) is 4.07. The van der Waals surface area contributed by atoms with E-state index in [0.717, 1.165) is 31.5 Å². The number of hydrogen-bond acceptors (Lipinski definition) is 3. The molecule has 2 saturated heterocycles. The van der Waals surface area contributed by atoms with Crippen LogP contribution in [-0.4, -0.2) is 49.0 Å². The third-order valence-electron chi connectivity index (χ3n) is 5.31. The Kier molecular flexibility index (Phi) is 7.81. The molecule has 1 aromatic heterocycles. The largest absolute Gasteiger partial charge is 0.370 e. The molecule has 2 fully saturated rings. The summed E-state index contributed by atoms with van der Waals surface area (Å²) < 4.78 is 0. The number of aliphatic imine (C=N–C) groups is 1. The van der Waals surface area contributed by atoms with Gasteiger partial charge in [0.15, 0.2) is 5.96 Å². The van der Waals surface area contributed by atoms with Gasteiger partial charge >= 0.3 is 0 Å². The van der Waals surface area contributed by atoms with Gasteiger partial charge in [-0.2, -0.15) is 0 Å². The summed E-state index contributed by atoms with van der Waals surface area (Å²) in [5.74, 6) is 2.07. The van der Waals surface area contributed by atoms with Crippen molar-refractivity contribution in [1.82, 2.24) is 9.80 Å². The zero-order valence-electron chi connectivity index (χ0n) is 14.9. The zero-order valence-corrected chi connectivity index (χ0v) is 18.0. The van der Waals surface area contributed by atoms with Crippen molar-refractivity contribution in [2.45, 2.75) is 38.6 Å². The Morgan fingerprint density at radius 2 is 2.12 bits per heavy atom. The molecule has 3 rings (SSSR count). The highest BCUT2D eigenvalue weighted by molar-refractivity contribution is 14.0. The normalized spacial score (nSPS) is 29.3. The third-order valence-corrected chi connectivity index (χ3v) is 6.25. The molecular formula is C18H31IN4S. The molecule has 6 heteroatoms. The van der Waals surface area contributed by atoms with Crippen molar-refractivity contribution in [3.8, 4) is 0 Å². The Morgan fingerprint density at radius 3 is 2.83 bits per heavy atom. The minimum atomic E-state index is 0. The van der Waals surface area contributed by atoms with Crippen molar-refractivity contribution in [2.75, 3.05) is 33.2 Å². The summed E-state index contributed by atoms with van der Waals surface area (Å²) in [6, 6.07) is 4.93. The van der Waals surface area contributed by atoms with Gasteiger partial charge in [0.1, 0.15) is 0 Å². The van der Waals surface area contributed by atoms with Gasteiger partial charge in [0, 0.05) is 30.6 Å². The summed E-state index contributed by atoms with van der Waals surface area (Å²) in [6.45, 7) is 6.47. The minimum Gasteiger partial charge on any atom is -0.370 e. The van der Waals surface area contributed by atoms with Crippen molar-refractivity contribution in [1.29, 1.82) is 0 Å². The van der Waals surface area contributed by atoms with Gasteiger partial charge in [-0.25, -0.2) is 0 Å². The molecule has 3 unspecified atom stereocenters. The highest BCUT2D eigenvalue weighted by Crippen LogP contribution is 2.37. The van der Waals surface area contributed by atoms with Crippen LogP contribution in [0.25, 0.3) is 0 Å². The van der Waals surface area contributed by atoms with Crippen LogP contribution in [-0.2, 0) is 0 Å². The highest BCUT2D eigenvalue weighted by Gasteiger charge is 2.31. The van der Waals surface area contributed by atoms with Gasteiger partial charge in [-0.15, -0.1) is 35.3 Å². The van der Waals surface area contributed by atoms with E-state index in [-0.39, 0.29) is 24.0 Å². The van der Waals surface area contributed by atoms with E-state index in [9.17, 15) is 0 Å². The molecule has 4 nitrogen and oxygen atoms in total. The van der Waals surface area contributed by atoms with Crippen LogP contribution in [0.1, 0.15) is 43.5 Å². The SMILES string of the molecule is CC1CCCN(C(N)=NCC2CCCN(C)C2c2cccs2)C1.I. The maximum atomic E-state index is 6.29. The number of likely N-dealkylation sites (tertiary alicyclic amines) is 2. The summed E-state index contributed by atoms with van der Waals surface area (Å²) in [4.78, 5) is 11.0. The summed E-state index contributed by atoms with van der Waals surface area (Å²) in [7, 11) is 2.25. The first-order valence-electron chi connectivity index (χ1n) is 8.93. The Balaban J connectivity index is 0.00000208. The van der Waals surface area contributed by atoms with Gasteiger partial charge in [0.2, 0.25) is 0 Å². The molecule has 2 aliphatic heterocycles. The molecule has 2 aliphatic rings. The molecule has 136 valence electrons. The first-order valence-corrected chi connectivity index (χ1v) is 9.81. The van der Waals surface area contributed by atoms with Gasteiger partial charge < -0.3 is 10.6 Å². The third kappa shape index (κ3) is 4.85. The standard InChI is InChI=1S/C18H30N4S.HI/c1-14-6-3-10-22(13-14)18(19)20-12-15-7-4-9-21(2)17(15)16-8-5-11-23-16;/h5,8,11,14-15,17H,3-4,6-7,9-10,12-13H2,1-2H3,(H2,19,20);1H. The second kappa shape index (κ2) is 9.38. The Bertz CT molecular complexity index is 519. The van der Waals surface area contributed by atoms with E-state index in [4.69, 9.17) is 10.7 Å². The summed E-state index contributed by atoms with van der Waals surface area (Å²) in [5.41, 5.74) is 6.29. The predicted molar refractivity (Wildman–Crippen MR) is 114 cm³/mol. The van der Waals surface area contributed by atoms with Crippen molar-refractivity contribution in [3.63, 3.8) is 0 Å². The summed E-state index contributed by atoms with van der Waals surface area (Å²) >= 11 is 1.87. The monoisotopic (exact) mass is 462 g/mol. The molecule has 0 bridgehead atoms. The van der Waals surface area contributed by atoms with E-state index in [1.54, 1.807) is 0 Å². The van der Waals surface area contributed by atoms with Crippen LogP contribution in [0.3, 0.4) is 0 Å². The molecule has 2 N–H and O–H groups in total.